The second kappa shape index (κ2) is 13.9. The molecule has 0 fully saturated rings. The van der Waals surface area contributed by atoms with Gasteiger partial charge in [0.1, 0.15) is 19.8 Å². The van der Waals surface area contributed by atoms with E-state index in [4.69, 9.17) is 26.4 Å². The van der Waals surface area contributed by atoms with E-state index in [-0.39, 0.29) is 13.0 Å². The molecule has 7 nitrogen and oxygen atoms in total. The monoisotopic (exact) mass is 569 g/mol. The van der Waals surface area contributed by atoms with Crippen molar-refractivity contribution in [2.45, 2.75) is 45.6 Å². The van der Waals surface area contributed by atoms with Gasteiger partial charge in [-0.05, 0) is 65.4 Å². The van der Waals surface area contributed by atoms with Gasteiger partial charge in [0.2, 0.25) is 0 Å². The Hall–Kier alpha value is -4.49. The lowest BCUT2D eigenvalue weighted by atomic mass is 9.88. The maximum atomic E-state index is 11.8. The van der Waals surface area contributed by atoms with E-state index in [2.05, 4.69) is 5.32 Å². The van der Waals surface area contributed by atoms with Crippen molar-refractivity contribution < 1.29 is 31.2 Å². The number of aryl methyl sites for hydroxylation is 1. The van der Waals surface area contributed by atoms with Crippen LogP contribution < -0.4 is 24.3 Å². The maximum Gasteiger partial charge on any atom is 0.302 e. The Morgan fingerprint density at radius 2 is 1.50 bits per heavy atom. The van der Waals surface area contributed by atoms with Crippen LogP contribution in [0.15, 0.2) is 84.9 Å². The van der Waals surface area contributed by atoms with Crippen LogP contribution in [0.1, 0.15) is 49.1 Å². The van der Waals surface area contributed by atoms with E-state index in [1.54, 1.807) is 14.2 Å². The zero-order valence-corrected chi connectivity index (χ0v) is 24.1. The highest BCUT2D eigenvalue weighted by Crippen LogP contribution is 2.40. The van der Waals surface area contributed by atoms with E-state index in [0.29, 0.717) is 48.2 Å². The van der Waals surface area contributed by atoms with Crippen LogP contribution in [0, 0.1) is 0 Å². The molecule has 0 spiro atoms. The maximum absolute atomic E-state index is 11.8. The first-order valence-corrected chi connectivity index (χ1v) is 13.9. The number of nitrogens with one attached hydrogen (secondary N) is 1. The van der Waals surface area contributed by atoms with E-state index < -0.39 is 18.5 Å². The van der Waals surface area contributed by atoms with E-state index in [1.165, 1.54) is 6.92 Å². The Balaban J connectivity index is 1.48. The van der Waals surface area contributed by atoms with Crippen molar-refractivity contribution in [3.63, 3.8) is 0 Å². The number of carbonyl (C=O) groups is 1. The van der Waals surface area contributed by atoms with Gasteiger partial charge in [-0.15, -0.1) is 0 Å². The van der Waals surface area contributed by atoms with Crippen molar-refractivity contribution in [1.29, 1.82) is 0 Å². The molecule has 42 heavy (non-hydrogen) atoms. The molecule has 0 aliphatic carbocycles. The molecular formula is C35H37NO6. The molecule has 5 rings (SSSR count). The normalized spacial score (nSPS) is 15.9. The second-order valence-corrected chi connectivity index (χ2v) is 10.0. The number of benzene rings is 4. The molecule has 0 amide bonds. The summed E-state index contributed by atoms with van der Waals surface area (Å²) in [5, 5.41) is 3.18. The van der Waals surface area contributed by atoms with Gasteiger partial charge in [-0.3, -0.25) is 4.79 Å². The van der Waals surface area contributed by atoms with Crippen LogP contribution in [0.4, 0.5) is 0 Å². The highest BCUT2D eigenvalue weighted by atomic mass is 16.5. The fraction of sp³-hybridized carbons (Fsp3) is 0.286. The summed E-state index contributed by atoms with van der Waals surface area (Å²) in [6.45, 7) is 0.391. The number of fused-ring (bicyclic) bond motifs is 1. The lowest BCUT2D eigenvalue weighted by Crippen LogP contribution is -2.31. The van der Waals surface area contributed by atoms with Crippen LogP contribution in [0.3, 0.4) is 0 Å². The molecule has 1 N–H and O–H groups in total. The summed E-state index contributed by atoms with van der Waals surface area (Å²) in [6.07, 6.45) is 0.562. The summed E-state index contributed by atoms with van der Waals surface area (Å²) in [7, 11) is 3.14. The van der Waals surface area contributed by atoms with E-state index in [1.807, 2.05) is 84.9 Å². The minimum Gasteiger partial charge on any atom is -0.493 e. The number of esters is 1. The molecule has 1 atom stereocenters. The Morgan fingerprint density at radius 3 is 2.12 bits per heavy atom. The molecule has 1 aliphatic heterocycles. The van der Waals surface area contributed by atoms with Crippen LogP contribution in [-0.2, 0) is 42.2 Å². The number of hydrogen-bond donors (Lipinski definition) is 1. The second-order valence-electron chi connectivity index (χ2n) is 10.0. The first-order valence-electron chi connectivity index (χ1n) is 14.9. The highest BCUT2D eigenvalue weighted by molar-refractivity contribution is 5.66. The van der Waals surface area contributed by atoms with E-state index >= 15 is 0 Å². The molecule has 218 valence electrons. The average Bonchev–Trinajstić information content (AvgIpc) is 3.02. The SMILES string of the molecule is [2H]C1([2H])Cc2cc(OC)c(OCc3ccccc3)cc2C(Cc2ccc(OCc3ccccc3)c(OC)c2COC(C)=O)N1. The fourth-order valence-electron chi connectivity index (χ4n) is 5.07. The van der Waals surface area contributed by atoms with Crippen LogP contribution in [0.25, 0.3) is 0 Å². The zero-order chi connectivity index (χ0) is 31.1. The van der Waals surface area contributed by atoms with Gasteiger partial charge in [-0.2, -0.15) is 0 Å². The van der Waals surface area contributed by atoms with Gasteiger partial charge < -0.3 is 29.0 Å². The number of rotatable bonds is 12. The largest absolute Gasteiger partial charge is 0.493 e. The summed E-state index contributed by atoms with van der Waals surface area (Å²) in [6, 6.07) is 26.8. The molecule has 0 radical (unpaired) electrons. The molecule has 4 aromatic carbocycles. The first-order chi connectivity index (χ1) is 21.3. The standard InChI is InChI=1S/C35H37NO6/c1-24(37)40-23-30-27(14-15-32(35(30)39-3)41-21-25-10-6-4-7-11-25)18-31-29-20-34(42-22-26-12-8-5-9-13-26)33(38-2)19-28(29)16-17-36-31/h4-15,19-20,31,36H,16-18,21-23H2,1-3H3/i17D2. The van der Waals surface area contributed by atoms with Crippen molar-refractivity contribution in [3.8, 4) is 23.0 Å². The summed E-state index contributed by atoms with van der Waals surface area (Å²) < 4.78 is 46.5. The van der Waals surface area contributed by atoms with E-state index in [0.717, 1.165) is 27.8 Å². The summed E-state index contributed by atoms with van der Waals surface area (Å²) >= 11 is 0. The van der Waals surface area contributed by atoms with Crippen molar-refractivity contribution >= 4 is 5.97 Å². The molecule has 0 bridgehead atoms. The molecule has 1 aliphatic rings. The molecule has 1 heterocycles. The van der Waals surface area contributed by atoms with Gasteiger partial charge in [-0.25, -0.2) is 0 Å². The third kappa shape index (κ3) is 7.04. The van der Waals surface area contributed by atoms with Gasteiger partial charge in [-0.1, -0.05) is 66.7 Å². The minimum atomic E-state index is -1.66. The van der Waals surface area contributed by atoms with Crippen molar-refractivity contribution in [2.75, 3.05) is 20.7 Å². The summed E-state index contributed by atoms with van der Waals surface area (Å²) in [5.41, 5.74) is 5.27. The van der Waals surface area contributed by atoms with Crippen molar-refractivity contribution in [1.82, 2.24) is 5.32 Å². The molecule has 0 saturated carbocycles. The third-order valence-electron chi connectivity index (χ3n) is 7.20. The molecule has 4 aromatic rings. The molecule has 1 unspecified atom stereocenters. The van der Waals surface area contributed by atoms with Crippen molar-refractivity contribution in [2.24, 2.45) is 0 Å². The lowest BCUT2D eigenvalue weighted by molar-refractivity contribution is -0.142. The van der Waals surface area contributed by atoms with Gasteiger partial charge in [0.25, 0.3) is 0 Å². The van der Waals surface area contributed by atoms with Gasteiger partial charge in [0.05, 0.1) is 14.2 Å². The topological polar surface area (TPSA) is 75.2 Å². The summed E-state index contributed by atoms with van der Waals surface area (Å²) in [4.78, 5) is 11.8. The van der Waals surface area contributed by atoms with Gasteiger partial charge in [0.15, 0.2) is 23.0 Å². The Kier molecular flexibility index (Phi) is 8.75. The highest BCUT2D eigenvalue weighted by Gasteiger charge is 2.26. The van der Waals surface area contributed by atoms with Crippen LogP contribution in [0.5, 0.6) is 23.0 Å². The van der Waals surface area contributed by atoms with Gasteiger partial charge in [0, 0.05) is 21.3 Å². The third-order valence-corrected chi connectivity index (χ3v) is 7.20. The minimum absolute atomic E-state index is 0.0170. The van der Waals surface area contributed by atoms with Crippen LogP contribution in [0.2, 0.25) is 0 Å². The van der Waals surface area contributed by atoms with Crippen molar-refractivity contribution in [3.05, 3.63) is 118 Å². The van der Waals surface area contributed by atoms with E-state index in [9.17, 15) is 4.79 Å². The first kappa shape index (κ1) is 26.4. The van der Waals surface area contributed by atoms with Crippen LogP contribution >= 0.6 is 0 Å². The quantitative estimate of drug-likeness (QED) is 0.199. The lowest BCUT2D eigenvalue weighted by Gasteiger charge is -2.29. The Morgan fingerprint density at radius 1 is 0.833 bits per heavy atom. The molecule has 0 saturated heterocycles. The fourth-order valence-corrected chi connectivity index (χ4v) is 5.07. The predicted molar refractivity (Wildman–Crippen MR) is 161 cm³/mol. The molecule has 0 aromatic heterocycles. The smallest absolute Gasteiger partial charge is 0.302 e. The van der Waals surface area contributed by atoms with Gasteiger partial charge >= 0.3 is 5.97 Å². The average molecular weight is 570 g/mol. The number of hydrogen-bond acceptors (Lipinski definition) is 7. The Labute approximate surface area is 250 Å². The summed E-state index contributed by atoms with van der Waals surface area (Å²) in [5.74, 6) is 1.70. The number of ether oxygens (including phenoxy) is 5. The number of carbonyl (C=O) groups excluding carboxylic acids is 1. The van der Waals surface area contributed by atoms with Crippen LogP contribution in [-0.4, -0.2) is 26.7 Å². The zero-order valence-electron chi connectivity index (χ0n) is 26.1. The molecule has 7 heteroatoms. The number of methoxy groups -OCH3 is 2. The molecular weight excluding hydrogens is 530 g/mol. The predicted octanol–water partition coefficient (Wildman–Crippen LogP) is 6.35. The Bertz CT molecular complexity index is 1580.